The molecule has 0 heterocycles. The van der Waals surface area contributed by atoms with Gasteiger partial charge in [-0.25, -0.2) is 4.39 Å². The largest absolute Gasteiger partial charge is 0.388 e. The van der Waals surface area contributed by atoms with Gasteiger partial charge in [0, 0.05) is 24.7 Å². The van der Waals surface area contributed by atoms with Crippen LogP contribution >= 0.6 is 11.6 Å². The number of benzene rings is 2. The van der Waals surface area contributed by atoms with E-state index in [9.17, 15) is 9.18 Å². The maximum absolute atomic E-state index is 12.8. The second-order valence-corrected chi connectivity index (χ2v) is 4.58. The fraction of sp³-hybridized carbons (Fsp3) is 0.133. The molecule has 0 spiro atoms. The number of carbonyl (C=O) groups is 1. The van der Waals surface area contributed by atoms with Crippen LogP contribution in [0.5, 0.6) is 0 Å². The molecule has 98 valence electrons. The Kier molecular flexibility index (Phi) is 4.17. The third-order valence-electron chi connectivity index (χ3n) is 2.83. The number of anilines is 1. The fourth-order valence-electron chi connectivity index (χ4n) is 1.78. The zero-order valence-electron chi connectivity index (χ0n) is 10.4. The second-order valence-electron chi connectivity index (χ2n) is 4.17. The van der Waals surface area contributed by atoms with Crippen LogP contribution in [0.3, 0.4) is 0 Å². The molecule has 0 saturated heterocycles. The van der Waals surface area contributed by atoms with Gasteiger partial charge in [-0.15, -0.1) is 0 Å². The van der Waals surface area contributed by atoms with Crippen LogP contribution in [0.4, 0.5) is 10.1 Å². The molecule has 1 N–H and O–H groups in total. The summed E-state index contributed by atoms with van der Waals surface area (Å²) in [5.41, 5.74) is 2.06. The smallest absolute Gasteiger partial charge is 0.168 e. The lowest BCUT2D eigenvalue weighted by Gasteiger charge is -2.07. The van der Waals surface area contributed by atoms with Crippen molar-refractivity contribution >= 4 is 23.1 Å². The molecule has 0 saturated carbocycles. The van der Waals surface area contributed by atoms with E-state index in [1.165, 1.54) is 12.1 Å². The summed E-state index contributed by atoms with van der Waals surface area (Å²) in [6.45, 7) is 0. The summed E-state index contributed by atoms with van der Waals surface area (Å²) in [4.78, 5) is 12.2. The predicted octanol–water partition coefficient (Wildman–Crippen LogP) is 3.95. The average Bonchev–Trinajstić information content (AvgIpc) is 2.42. The molecule has 2 rings (SSSR count). The van der Waals surface area contributed by atoms with Crippen molar-refractivity contribution in [2.75, 3.05) is 12.4 Å². The van der Waals surface area contributed by atoms with Crippen LogP contribution in [0.2, 0.25) is 5.02 Å². The van der Waals surface area contributed by atoms with Crippen molar-refractivity contribution < 1.29 is 9.18 Å². The second kappa shape index (κ2) is 5.85. The predicted molar refractivity (Wildman–Crippen MR) is 75.4 cm³/mol. The number of hydrogen-bond donors (Lipinski definition) is 1. The van der Waals surface area contributed by atoms with E-state index in [0.717, 1.165) is 11.3 Å². The molecule has 0 aliphatic rings. The van der Waals surface area contributed by atoms with Crippen molar-refractivity contribution in [1.29, 1.82) is 0 Å². The normalized spacial score (nSPS) is 10.3. The van der Waals surface area contributed by atoms with Crippen LogP contribution in [0.1, 0.15) is 15.9 Å². The van der Waals surface area contributed by atoms with E-state index in [2.05, 4.69) is 5.32 Å². The molecular formula is C15H13ClFNO. The Hall–Kier alpha value is -1.87. The van der Waals surface area contributed by atoms with Gasteiger partial charge < -0.3 is 5.32 Å². The van der Waals surface area contributed by atoms with Gasteiger partial charge in [0.05, 0.1) is 5.02 Å². The van der Waals surface area contributed by atoms with E-state index in [0.29, 0.717) is 10.6 Å². The summed E-state index contributed by atoms with van der Waals surface area (Å²) in [7, 11) is 1.78. The van der Waals surface area contributed by atoms with Crippen molar-refractivity contribution in [1.82, 2.24) is 0 Å². The standard InChI is InChI=1S/C15H13ClFNO/c1-18-12-6-7-14(16)13(9-12)15(19)8-10-2-4-11(17)5-3-10/h2-7,9,18H,8H2,1H3. The lowest BCUT2D eigenvalue weighted by Crippen LogP contribution is -2.05. The molecule has 0 aliphatic carbocycles. The van der Waals surface area contributed by atoms with E-state index >= 15 is 0 Å². The Morgan fingerprint density at radius 2 is 1.89 bits per heavy atom. The van der Waals surface area contributed by atoms with Gasteiger partial charge in [0.1, 0.15) is 5.82 Å². The van der Waals surface area contributed by atoms with Crippen molar-refractivity contribution in [3.05, 3.63) is 64.4 Å². The first kappa shape index (κ1) is 13.6. The monoisotopic (exact) mass is 277 g/mol. The summed E-state index contributed by atoms with van der Waals surface area (Å²) in [6, 6.07) is 11.1. The van der Waals surface area contributed by atoms with Gasteiger partial charge in [-0.3, -0.25) is 4.79 Å². The fourth-order valence-corrected chi connectivity index (χ4v) is 2.00. The molecule has 2 aromatic rings. The van der Waals surface area contributed by atoms with Gasteiger partial charge in [0.2, 0.25) is 0 Å². The Morgan fingerprint density at radius 3 is 2.53 bits per heavy atom. The topological polar surface area (TPSA) is 29.1 Å². The summed E-state index contributed by atoms with van der Waals surface area (Å²) in [5, 5.41) is 3.38. The molecule has 0 atom stereocenters. The lowest BCUT2D eigenvalue weighted by atomic mass is 10.0. The number of ketones is 1. The molecule has 4 heteroatoms. The maximum Gasteiger partial charge on any atom is 0.168 e. The zero-order chi connectivity index (χ0) is 13.8. The molecule has 0 fully saturated rings. The third kappa shape index (κ3) is 3.32. The third-order valence-corrected chi connectivity index (χ3v) is 3.16. The highest BCUT2D eigenvalue weighted by Gasteiger charge is 2.12. The molecular weight excluding hydrogens is 265 g/mol. The quantitative estimate of drug-likeness (QED) is 0.858. The Morgan fingerprint density at radius 1 is 1.21 bits per heavy atom. The average molecular weight is 278 g/mol. The maximum atomic E-state index is 12.8. The van der Waals surface area contributed by atoms with Gasteiger partial charge >= 0.3 is 0 Å². The van der Waals surface area contributed by atoms with Gasteiger partial charge in [-0.1, -0.05) is 23.7 Å². The number of rotatable bonds is 4. The number of hydrogen-bond acceptors (Lipinski definition) is 2. The molecule has 0 bridgehead atoms. The highest BCUT2D eigenvalue weighted by atomic mass is 35.5. The molecule has 2 aromatic carbocycles. The number of halogens is 2. The van der Waals surface area contributed by atoms with Crippen LogP contribution in [0.15, 0.2) is 42.5 Å². The highest BCUT2D eigenvalue weighted by Crippen LogP contribution is 2.22. The Bertz CT molecular complexity index is 596. The van der Waals surface area contributed by atoms with E-state index < -0.39 is 0 Å². The molecule has 0 aliphatic heterocycles. The minimum atomic E-state index is -0.314. The van der Waals surface area contributed by atoms with Gasteiger partial charge in [-0.2, -0.15) is 0 Å². The summed E-state index contributed by atoms with van der Waals surface area (Å²) >= 11 is 6.03. The highest BCUT2D eigenvalue weighted by molar-refractivity contribution is 6.34. The van der Waals surface area contributed by atoms with E-state index in [4.69, 9.17) is 11.6 Å². The summed E-state index contributed by atoms with van der Waals surface area (Å²) in [5.74, 6) is -0.403. The molecule has 0 amide bonds. The van der Waals surface area contributed by atoms with Crippen molar-refractivity contribution in [2.45, 2.75) is 6.42 Å². The number of Topliss-reactive ketones (excluding diaryl/α,β-unsaturated/α-hetero) is 1. The lowest BCUT2D eigenvalue weighted by molar-refractivity contribution is 0.0993. The minimum Gasteiger partial charge on any atom is -0.388 e. The van der Waals surface area contributed by atoms with Gasteiger partial charge in [0.25, 0.3) is 0 Å². The van der Waals surface area contributed by atoms with Crippen molar-refractivity contribution in [3.63, 3.8) is 0 Å². The first-order valence-corrected chi connectivity index (χ1v) is 6.23. The zero-order valence-corrected chi connectivity index (χ0v) is 11.2. The minimum absolute atomic E-state index is 0.0892. The number of nitrogens with one attached hydrogen (secondary N) is 1. The summed E-state index contributed by atoms with van der Waals surface area (Å²) in [6.07, 6.45) is 0.202. The van der Waals surface area contributed by atoms with Crippen molar-refractivity contribution in [3.8, 4) is 0 Å². The first-order chi connectivity index (χ1) is 9.10. The van der Waals surface area contributed by atoms with E-state index in [-0.39, 0.29) is 18.0 Å². The van der Waals surface area contributed by atoms with E-state index in [1.807, 2.05) is 0 Å². The first-order valence-electron chi connectivity index (χ1n) is 5.85. The molecule has 0 aromatic heterocycles. The van der Waals surface area contributed by atoms with Crippen molar-refractivity contribution in [2.24, 2.45) is 0 Å². The van der Waals surface area contributed by atoms with Gasteiger partial charge in [-0.05, 0) is 35.9 Å². The number of carbonyl (C=O) groups excluding carboxylic acids is 1. The Balaban J connectivity index is 2.22. The Labute approximate surface area is 116 Å². The molecule has 19 heavy (non-hydrogen) atoms. The molecule has 0 radical (unpaired) electrons. The van der Waals surface area contributed by atoms with Crippen LogP contribution in [0, 0.1) is 5.82 Å². The molecule has 2 nitrogen and oxygen atoms in total. The molecule has 0 unspecified atom stereocenters. The van der Waals surface area contributed by atoms with Crippen LogP contribution < -0.4 is 5.32 Å². The summed E-state index contributed by atoms with van der Waals surface area (Å²) < 4.78 is 12.8. The van der Waals surface area contributed by atoms with Crippen LogP contribution in [-0.2, 0) is 6.42 Å². The van der Waals surface area contributed by atoms with Crippen LogP contribution in [-0.4, -0.2) is 12.8 Å². The van der Waals surface area contributed by atoms with Crippen LogP contribution in [0.25, 0.3) is 0 Å². The van der Waals surface area contributed by atoms with Gasteiger partial charge in [0.15, 0.2) is 5.78 Å². The van der Waals surface area contributed by atoms with E-state index in [1.54, 1.807) is 37.4 Å². The SMILES string of the molecule is CNc1ccc(Cl)c(C(=O)Cc2ccc(F)cc2)c1.